The molecule has 2 saturated carbocycles. The van der Waals surface area contributed by atoms with Gasteiger partial charge in [0.25, 0.3) is 5.91 Å². The Morgan fingerprint density at radius 2 is 1.32 bits per heavy atom. The van der Waals surface area contributed by atoms with Crippen molar-refractivity contribution in [2.75, 3.05) is 0 Å². The average molecular weight is 556 g/mol. The predicted molar refractivity (Wildman–Crippen MR) is 139 cm³/mol. The van der Waals surface area contributed by atoms with Gasteiger partial charge in [0.1, 0.15) is 11.7 Å². The molecule has 0 heterocycles. The third kappa shape index (κ3) is 7.10. The minimum Gasteiger partial charge on any atom is -0.504 e. The highest BCUT2D eigenvalue weighted by Gasteiger charge is 2.52. The number of carbonyl (C=O) groups excluding carboxylic acids is 3. The smallest absolute Gasteiger partial charge is 0.331 e. The first-order chi connectivity index (χ1) is 18.9. The molecule has 2 fully saturated rings. The van der Waals surface area contributed by atoms with E-state index in [0.717, 1.165) is 25.0 Å². The van der Waals surface area contributed by atoms with Crippen LogP contribution in [-0.4, -0.2) is 78.4 Å². The van der Waals surface area contributed by atoms with Crippen LogP contribution in [0.2, 0.25) is 0 Å². The van der Waals surface area contributed by atoms with Gasteiger partial charge in [0, 0.05) is 31.0 Å². The monoisotopic (exact) mass is 555 g/mol. The van der Waals surface area contributed by atoms with Gasteiger partial charge in [-0.1, -0.05) is 12.1 Å². The van der Waals surface area contributed by atoms with Crippen molar-refractivity contribution >= 4 is 30.0 Å². The van der Waals surface area contributed by atoms with E-state index in [1.165, 1.54) is 48.6 Å². The number of phenolic OH excluding ortho intramolecular Hbond substituents is 4. The second kappa shape index (κ2) is 11.7. The van der Waals surface area contributed by atoms with Crippen molar-refractivity contribution < 1.29 is 54.5 Å². The molecule has 7 N–H and O–H groups in total. The van der Waals surface area contributed by atoms with E-state index in [-0.39, 0.29) is 17.5 Å². The normalized spacial score (nSPS) is 24.6. The maximum absolute atomic E-state index is 12.7. The number of aromatic hydroxyl groups is 4. The molecule has 4 rings (SSSR count). The fourth-order valence-electron chi connectivity index (χ4n) is 4.22. The third-order valence-electron chi connectivity index (χ3n) is 6.51. The van der Waals surface area contributed by atoms with Crippen molar-refractivity contribution in [1.29, 1.82) is 0 Å². The maximum atomic E-state index is 12.7. The van der Waals surface area contributed by atoms with Crippen LogP contribution in [0, 0.1) is 0 Å². The highest BCUT2D eigenvalue weighted by Crippen LogP contribution is 2.34. The molecule has 212 valence electrons. The SMILES string of the molecule is O=C(C=Cc1ccc(O)c(O)c1)O[C@H]1[C@H](O)C[C@](O)(C(=O)NC2CC2)C[C@H]1OC(=O)C=Cc1ccc(O)c(O)c1. The molecule has 0 saturated heterocycles. The van der Waals surface area contributed by atoms with E-state index in [0.29, 0.717) is 11.1 Å². The number of phenols is 4. The average Bonchev–Trinajstić information content (AvgIpc) is 3.71. The molecule has 40 heavy (non-hydrogen) atoms. The lowest BCUT2D eigenvalue weighted by atomic mass is 9.78. The summed E-state index contributed by atoms with van der Waals surface area (Å²) in [6.07, 6.45) is 0.698. The number of ether oxygens (including phenoxy) is 2. The van der Waals surface area contributed by atoms with Gasteiger partial charge in [-0.2, -0.15) is 0 Å². The molecule has 0 radical (unpaired) electrons. The fraction of sp³-hybridized carbons (Fsp3) is 0.321. The molecule has 0 bridgehead atoms. The highest BCUT2D eigenvalue weighted by atomic mass is 16.6. The molecular formula is C28H29NO11. The van der Waals surface area contributed by atoms with E-state index < -0.39 is 66.1 Å². The summed E-state index contributed by atoms with van der Waals surface area (Å²) >= 11 is 0. The largest absolute Gasteiger partial charge is 0.504 e. The Morgan fingerprint density at radius 1 is 0.800 bits per heavy atom. The molecule has 2 aliphatic carbocycles. The number of aliphatic hydroxyl groups is 2. The fourth-order valence-corrected chi connectivity index (χ4v) is 4.22. The Balaban J connectivity index is 1.50. The molecule has 4 atom stereocenters. The second-order valence-corrected chi connectivity index (χ2v) is 9.79. The van der Waals surface area contributed by atoms with Gasteiger partial charge in [-0.25, -0.2) is 9.59 Å². The Kier molecular flexibility index (Phi) is 8.31. The second-order valence-electron chi connectivity index (χ2n) is 9.79. The number of hydrogen-bond donors (Lipinski definition) is 7. The van der Waals surface area contributed by atoms with Gasteiger partial charge < -0.3 is 45.4 Å². The van der Waals surface area contributed by atoms with Gasteiger partial charge >= 0.3 is 11.9 Å². The lowest BCUT2D eigenvalue weighted by Crippen LogP contribution is -2.60. The van der Waals surface area contributed by atoms with Crippen molar-refractivity contribution in [3.05, 3.63) is 59.7 Å². The van der Waals surface area contributed by atoms with Crippen molar-refractivity contribution in [2.45, 2.75) is 55.6 Å². The number of benzene rings is 2. The zero-order valence-electron chi connectivity index (χ0n) is 21.1. The highest BCUT2D eigenvalue weighted by molar-refractivity contribution is 5.89. The standard InChI is InChI=1S/C28H29NO11/c30-18-7-1-15(11-20(18)32)3-9-24(35)39-23-14-28(38,27(37)29-17-5-6-17)13-22(34)26(23)40-25(36)10-4-16-2-8-19(31)21(33)12-16/h1-4,7-12,17,22-23,26,30-34,38H,5-6,13-14H2,(H,29,37)/t22-,23-,26+,28-/m1/s1. The van der Waals surface area contributed by atoms with E-state index in [1.807, 2.05) is 0 Å². The number of nitrogens with one attached hydrogen (secondary N) is 1. The maximum Gasteiger partial charge on any atom is 0.331 e. The summed E-state index contributed by atoms with van der Waals surface area (Å²) in [4.78, 5) is 37.9. The summed E-state index contributed by atoms with van der Waals surface area (Å²) in [7, 11) is 0. The van der Waals surface area contributed by atoms with Gasteiger partial charge in [0.15, 0.2) is 29.1 Å². The van der Waals surface area contributed by atoms with E-state index in [4.69, 9.17) is 9.47 Å². The summed E-state index contributed by atoms with van der Waals surface area (Å²) in [5.74, 6) is -4.12. The summed E-state index contributed by atoms with van der Waals surface area (Å²) in [5.41, 5.74) is -1.39. The van der Waals surface area contributed by atoms with Crippen LogP contribution < -0.4 is 5.32 Å². The molecule has 0 unspecified atom stereocenters. The van der Waals surface area contributed by atoms with Gasteiger partial charge in [-0.15, -0.1) is 0 Å². The molecule has 2 aromatic carbocycles. The van der Waals surface area contributed by atoms with E-state index in [9.17, 15) is 45.0 Å². The number of esters is 2. The lowest BCUT2D eigenvalue weighted by Gasteiger charge is -2.41. The number of hydrogen-bond acceptors (Lipinski definition) is 11. The Labute approximate surface area is 228 Å². The summed E-state index contributed by atoms with van der Waals surface area (Å²) in [6.45, 7) is 0. The molecule has 12 heteroatoms. The van der Waals surface area contributed by atoms with Gasteiger partial charge in [-0.3, -0.25) is 4.79 Å². The molecule has 0 aromatic heterocycles. The van der Waals surface area contributed by atoms with Crippen LogP contribution in [-0.2, 0) is 23.9 Å². The first kappa shape index (κ1) is 28.5. The van der Waals surface area contributed by atoms with Crippen LogP contribution in [0.4, 0.5) is 0 Å². The predicted octanol–water partition coefficient (Wildman–Crippen LogP) is 1.22. The van der Waals surface area contributed by atoms with Crippen LogP contribution >= 0.6 is 0 Å². The van der Waals surface area contributed by atoms with Crippen LogP contribution in [0.15, 0.2) is 48.6 Å². The van der Waals surface area contributed by atoms with Crippen molar-refractivity contribution in [1.82, 2.24) is 5.32 Å². The van der Waals surface area contributed by atoms with Crippen molar-refractivity contribution in [3.63, 3.8) is 0 Å². The van der Waals surface area contributed by atoms with Crippen LogP contribution in [0.1, 0.15) is 36.8 Å². The van der Waals surface area contributed by atoms with Gasteiger partial charge in [0.05, 0.1) is 6.10 Å². The van der Waals surface area contributed by atoms with E-state index >= 15 is 0 Å². The van der Waals surface area contributed by atoms with Crippen LogP contribution in [0.25, 0.3) is 12.2 Å². The Morgan fingerprint density at radius 3 is 1.82 bits per heavy atom. The van der Waals surface area contributed by atoms with Crippen molar-refractivity contribution in [2.24, 2.45) is 0 Å². The topological polar surface area (TPSA) is 203 Å². The quantitative estimate of drug-likeness (QED) is 0.140. The number of amides is 1. The molecule has 0 aliphatic heterocycles. The Bertz CT molecular complexity index is 1350. The first-order valence-electron chi connectivity index (χ1n) is 12.5. The zero-order valence-corrected chi connectivity index (χ0v) is 21.1. The summed E-state index contributed by atoms with van der Waals surface area (Å²) in [5, 5.41) is 62.6. The minimum atomic E-state index is -2.10. The van der Waals surface area contributed by atoms with E-state index in [1.54, 1.807) is 0 Å². The van der Waals surface area contributed by atoms with Gasteiger partial charge in [0.2, 0.25) is 0 Å². The first-order valence-corrected chi connectivity index (χ1v) is 12.5. The van der Waals surface area contributed by atoms with Crippen LogP contribution in [0.5, 0.6) is 23.0 Å². The number of aliphatic hydroxyl groups excluding tert-OH is 1. The number of rotatable bonds is 8. The Hall–Kier alpha value is -4.55. The molecular weight excluding hydrogens is 526 g/mol. The van der Waals surface area contributed by atoms with Crippen LogP contribution in [0.3, 0.4) is 0 Å². The van der Waals surface area contributed by atoms with Gasteiger partial charge in [-0.05, 0) is 60.4 Å². The third-order valence-corrected chi connectivity index (χ3v) is 6.51. The number of carbonyl (C=O) groups is 3. The van der Waals surface area contributed by atoms with Crippen molar-refractivity contribution in [3.8, 4) is 23.0 Å². The minimum absolute atomic E-state index is 0.0839. The molecule has 12 nitrogen and oxygen atoms in total. The summed E-state index contributed by atoms with van der Waals surface area (Å²) in [6, 6.07) is 7.62. The molecule has 2 aromatic rings. The lowest BCUT2D eigenvalue weighted by molar-refractivity contribution is -0.198. The molecule has 0 spiro atoms. The summed E-state index contributed by atoms with van der Waals surface area (Å²) < 4.78 is 10.8. The molecule has 1 amide bonds. The zero-order chi connectivity index (χ0) is 29.0. The van der Waals surface area contributed by atoms with E-state index in [2.05, 4.69) is 5.32 Å². The molecule has 2 aliphatic rings.